The molecule has 3 nitrogen and oxygen atoms in total. The normalized spacial score (nSPS) is 21.1. The SMILES string of the molecule is CN1C(=O)CC(Sc2ccccc2)C1=O. The van der Waals surface area contributed by atoms with E-state index in [0.29, 0.717) is 6.42 Å². The molecular formula is C11H11NO2S. The van der Waals surface area contributed by atoms with E-state index in [1.807, 2.05) is 30.3 Å². The molecule has 1 aliphatic heterocycles. The Bertz CT molecular complexity index is 391. The van der Waals surface area contributed by atoms with Crippen molar-refractivity contribution in [2.45, 2.75) is 16.6 Å². The highest BCUT2D eigenvalue weighted by Gasteiger charge is 2.36. The quantitative estimate of drug-likeness (QED) is 0.711. The van der Waals surface area contributed by atoms with Gasteiger partial charge in [0.15, 0.2) is 0 Å². The van der Waals surface area contributed by atoms with Crippen LogP contribution in [0.1, 0.15) is 6.42 Å². The summed E-state index contributed by atoms with van der Waals surface area (Å²) in [5, 5.41) is -0.245. The first-order valence-electron chi connectivity index (χ1n) is 4.70. The van der Waals surface area contributed by atoms with E-state index >= 15 is 0 Å². The van der Waals surface area contributed by atoms with Gasteiger partial charge < -0.3 is 0 Å². The summed E-state index contributed by atoms with van der Waals surface area (Å²) in [4.78, 5) is 25.1. The molecular weight excluding hydrogens is 210 g/mol. The van der Waals surface area contributed by atoms with Crippen LogP contribution in [0.2, 0.25) is 0 Å². The Morgan fingerprint density at radius 1 is 1.27 bits per heavy atom. The standard InChI is InChI=1S/C11H11NO2S/c1-12-10(13)7-9(11(12)14)15-8-5-3-2-4-6-8/h2-6,9H,7H2,1H3. The lowest BCUT2D eigenvalue weighted by Gasteiger charge is -2.07. The predicted octanol–water partition coefficient (Wildman–Crippen LogP) is 1.54. The van der Waals surface area contributed by atoms with Crippen LogP contribution in [0, 0.1) is 0 Å². The van der Waals surface area contributed by atoms with Crippen molar-refractivity contribution in [1.82, 2.24) is 4.90 Å². The average molecular weight is 221 g/mol. The molecule has 1 aromatic rings. The van der Waals surface area contributed by atoms with Crippen LogP contribution in [0.5, 0.6) is 0 Å². The van der Waals surface area contributed by atoms with E-state index in [9.17, 15) is 9.59 Å². The molecule has 0 N–H and O–H groups in total. The van der Waals surface area contributed by atoms with Crippen LogP contribution in [0.15, 0.2) is 35.2 Å². The predicted molar refractivity (Wildman–Crippen MR) is 58.5 cm³/mol. The van der Waals surface area contributed by atoms with Crippen LogP contribution >= 0.6 is 11.8 Å². The lowest BCUT2D eigenvalue weighted by Crippen LogP contribution is -2.26. The molecule has 2 rings (SSSR count). The molecule has 1 unspecified atom stereocenters. The second-order valence-corrected chi connectivity index (χ2v) is 4.69. The minimum Gasteiger partial charge on any atom is -0.285 e. The van der Waals surface area contributed by atoms with Gasteiger partial charge >= 0.3 is 0 Å². The number of amides is 2. The molecule has 0 aromatic heterocycles. The average Bonchev–Trinajstić information content (AvgIpc) is 2.48. The number of carbonyl (C=O) groups excluding carboxylic acids is 2. The Kier molecular flexibility index (Phi) is 2.77. The fraction of sp³-hybridized carbons (Fsp3) is 0.273. The molecule has 2 amide bonds. The summed E-state index contributed by atoms with van der Waals surface area (Å²) in [6, 6.07) is 9.67. The lowest BCUT2D eigenvalue weighted by molar-refractivity contribution is -0.136. The van der Waals surface area contributed by atoms with Crippen molar-refractivity contribution in [3.63, 3.8) is 0 Å². The molecule has 1 fully saturated rings. The van der Waals surface area contributed by atoms with Crippen molar-refractivity contribution < 1.29 is 9.59 Å². The van der Waals surface area contributed by atoms with Gasteiger partial charge in [0.05, 0.1) is 5.25 Å². The molecule has 0 radical (unpaired) electrons. The maximum Gasteiger partial charge on any atom is 0.242 e. The van der Waals surface area contributed by atoms with E-state index in [4.69, 9.17) is 0 Å². The van der Waals surface area contributed by atoms with Crippen LogP contribution in [0.25, 0.3) is 0 Å². The third kappa shape index (κ3) is 2.04. The monoisotopic (exact) mass is 221 g/mol. The smallest absolute Gasteiger partial charge is 0.242 e. The van der Waals surface area contributed by atoms with Crippen molar-refractivity contribution in [2.24, 2.45) is 0 Å². The second-order valence-electron chi connectivity index (χ2n) is 3.41. The van der Waals surface area contributed by atoms with Gasteiger partial charge in [0.1, 0.15) is 0 Å². The molecule has 1 atom stereocenters. The molecule has 0 bridgehead atoms. The van der Waals surface area contributed by atoms with Gasteiger partial charge in [0, 0.05) is 18.4 Å². The first-order valence-corrected chi connectivity index (χ1v) is 5.58. The first-order chi connectivity index (χ1) is 7.18. The summed E-state index contributed by atoms with van der Waals surface area (Å²) in [5.74, 6) is -0.178. The number of thioether (sulfide) groups is 1. The van der Waals surface area contributed by atoms with Gasteiger partial charge in [-0.3, -0.25) is 14.5 Å². The highest BCUT2D eigenvalue weighted by molar-refractivity contribution is 8.00. The Morgan fingerprint density at radius 3 is 2.47 bits per heavy atom. The minimum atomic E-state index is -0.245. The summed E-state index contributed by atoms with van der Waals surface area (Å²) in [7, 11) is 1.54. The van der Waals surface area contributed by atoms with Crippen LogP contribution in [0.4, 0.5) is 0 Å². The molecule has 0 saturated carbocycles. The van der Waals surface area contributed by atoms with Crippen LogP contribution in [0.3, 0.4) is 0 Å². The Labute approximate surface area is 92.5 Å². The van der Waals surface area contributed by atoms with Gasteiger partial charge in [-0.05, 0) is 12.1 Å². The highest BCUT2D eigenvalue weighted by atomic mass is 32.2. The summed E-state index contributed by atoms with van der Waals surface area (Å²) in [6.45, 7) is 0. The summed E-state index contributed by atoms with van der Waals surface area (Å²) in [5.41, 5.74) is 0. The maximum absolute atomic E-state index is 11.6. The van der Waals surface area contributed by atoms with E-state index in [2.05, 4.69) is 0 Å². The van der Waals surface area contributed by atoms with E-state index in [0.717, 1.165) is 4.90 Å². The number of carbonyl (C=O) groups is 2. The van der Waals surface area contributed by atoms with Gasteiger partial charge in [-0.1, -0.05) is 18.2 Å². The van der Waals surface area contributed by atoms with Gasteiger partial charge in [-0.25, -0.2) is 0 Å². The van der Waals surface area contributed by atoms with Gasteiger partial charge in [0.25, 0.3) is 0 Å². The lowest BCUT2D eigenvalue weighted by atomic mass is 10.3. The molecule has 15 heavy (non-hydrogen) atoms. The highest BCUT2D eigenvalue weighted by Crippen LogP contribution is 2.30. The number of benzene rings is 1. The number of rotatable bonds is 2. The van der Waals surface area contributed by atoms with Crippen molar-refractivity contribution in [3.8, 4) is 0 Å². The zero-order valence-electron chi connectivity index (χ0n) is 8.34. The maximum atomic E-state index is 11.6. The van der Waals surface area contributed by atoms with E-state index in [-0.39, 0.29) is 17.1 Å². The summed E-state index contributed by atoms with van der Waals surface area (Å²) >= 11 is 1.45. The van der Waals surface area contributed by atoms with Crippen molar-refractivity contribution in [2.75, 3.05) is 7.05 Å². The second kappa shape index (κ2) is 4.06. The fourth-order valence-electron chi connectivity index (χ4n) is 1.48. The van der Waals surface area contributed by atoms with E-state index in [1.54, 1.807) is 0 Å². The third-order valence-corrected chi connectivity index (χ3v) is 3.56. The molecule has 0 aliphatic carbocycles. The minimum absolute atomic E-state index is 0.0890. The van der Waals surface area contributed by atoms with Crippen LogP contribution < -0.4 is 0 Å². The molecule has 4 heteroatoms. The Morgan fingerprint density at radius 2 is 1.93 bits per heavy atom. The Balaban J connectivity index is 2.09. The molecule has 1 aliphatic rings. The van der Waals surface area contributed by atoms with Gasteiger partial charge in [-0.2, -0.15) is 0 Å². The number of hydrogen-bond acceptors (Lipinski definition) is 3. The zero-order valence-corrected chi connectivity index (χ0v) is 9.16. The zero-order chi connectivity index (χ0) is 10.8. The molecule has 78 valence electrons. The van der Waals surface area contributed by atoms with Crippen LogP contribution in [-0.4, -0.2) is 29.0 Å². The molecule has 0 spiro atoms. The van der Waals surface area contributed by atoms with Gasteiger partial charge in [-0.15, -0.1) is 11.8 Å². The number of nitrogens with zero attached hydrogens (tertiary/aromatic N) is 1. The third-order valence-electron chi connectivity index (χ3n) is 2.36. The van der Waals surface area contributed by atoms with Crippen molar-refractivity contribution in [3.05, 3.63) is 30.3 Å². The van der Waals surface area contributed by atoms with E-state index < -0.39 is 0 Å². The molecule has 1 heterocycles. The molecule has 1 saturated heterocycles. The summed E-state index contributed by atoms with van der Waals surface area (Å²) in [6.07, 6.45) is 0.314. The fourth-order valence-corrected chi connectivity index (χ4v) is 2.60. The first kappa shape index (κ1) is 10.2. The topological polar surface area (TPSA) is 37.4 Å². The largest absolute Gasteiger partial charge is 0.285 e. The van der Waals surface area contributed by atoms with E-state index in [1.165, 1.54) is 23.7 Å². The summed E-state index contributed by atoms with van der Waals surface area (Å²) < 4.78 is 0. The van der Waals surface area contributed by atoms with Gasteiger partial charge in [0.2, 0.25) is 11.8 Å². The number of imide groups is 1. The molecule has 1 aromatic carbocycles. The van der Waals surface area contributed by atoms with Crippen molar-refractivity contribution in [1.29, 1.82) is 0 Å². The van der Waals surface area contributed by atoms with Crippen molar-refractivity contribution >= 4 is 23.6 Å². The Hall–Kier alpha value is -1.29. The van der Waals surface area contributed by atoms with Crippen LogP contribution in [-0.2, 0) is 9.59 Å². The number of hydrogen-bond donors (Lipinski definition) is 0. The number of likely N-dealkylation sites (tertiary alicyclic amines) is 1.